The second-order valence-electron chi connectivity index (χ2n) is 4.93. The Morgan fingerprint density at radius 1 is 1.13 bits per heavy atom. The molecule has 0 aliphatic heterocycles. The van der Waals surface area contributed by atoms with Gasteiger partial charge in [0.25, 0.3) is 0 Å². The Morgan fingerprint density at radius 2 is 1.67 bits per heavy atom. The number of nitrogens with one attached hydrogen (secondary N) is 1. The van der Waals surface area contributed by atoms with Crippen LogP contribution >= 0.6 is 0 Å². The van der Waals surface area contributed by atoms with Gasteiger partial charge in [-0.15, -0.1) is 0 Å². The first-order chi connectivity index (χ1) is 6.75. The van der Waals surface area contributed by atoms with Crippen LogP contribution in [-0.4, -0.2) is 11.6 Å². The highest BCUT2D eigenvalue weighted by atomic mass is 16.9. The first-order valence-corrected chi connectivity index (χ1v) is 5.39. The summed E-state index contributed by atoms with van der Waals surface area (Å²) in [6, 6.07) is 0. The SMILES string of the molecule is CCC(C)(C)ONOC(=O)C(C)(C)CC. The maximum Gasteiger partial charge on any atom is 0.333 e. The third kappa shape index (κ3) is 5.14. The van der Waals surface area contributed by atoms with Crippen molar-refractivity contribution >= 4 is 5.97 Å². The van der Waals surface area contributed by atoms with E-state index in [0.29, 0.717) is 0 Å². The van der Waals surface area contributed by atoms with Gasteiger partial charge in [0.15, 0.2) is 0 Å². The van der Waals surface area contributed by atoms with Gasteiger partial charge in [-0.2, -0.15) is 0 Å². The van der Waals surface area contributed by atoms with Crippen molar-refractivity contribution in [2.24, 2.45) is 5.41 Å². The minimum atomic E-state index is -0.479. The van der Waals surface area contributed by atoms with Gasteiger partial charge >= 0.3 is 5.97 Å². The average molecular weight is 217 g/mol. The summed E-state index contributed by atoms with van der Waals surface area (Å²) < 4.78 is 0. The zero-order valence-corrected chi connectivity index (χ0v) is 10.6. The van der Waals surface area contributed by atoms with Crippen molar-refractivity contribution in [3.63, 3.8) is 0 Å². The van der Waals surface area contributed by atoms with Crippen molar-refractivity contribution in [1.29, 1.82) is 0 Å². The number of carbonyl (C=O) groups is 1. The molecule has 0 amide bonds. The fourth-order valence-corrected chi connectivity index (χ4v) is 0.526. The zero-order valence-electron chi connectivity index (χ0n) is 10.6. The van der Waals surface area contributed by atoms with Gasteiger partial charge in [-0.25, -0.2) is 4.79 Å². The van der Waals surface area contributed by atoms with Gasteiger partial charge in [-0.3, -0.25) is 4.84 Å². The van der Waals surface area contributed by atoms with E-state index in [2.05, 4.69) is 5.64 Å². The molecule has 4 nitrogen and oxygen atoms in total. The Labute approximate surface area is 92.2 Å². The quantitative estimate of drug-likeness (QED) is 0.695. The standard InChI is InChI=1S/C11H23NO3/c1-7-10(3,4)9(13)14-12-15-11(5,6)8-2/h12H,7-8H2,1-6H3. The lowest BCUT2D eigenvalue weighted by molar-refractivity contribution is -0.232. The van der Waals surface area contributed by atoms with Crippen molar-refractivity contribution in [2.45, 2.75) is 60.0 Å². The van der Waals surface area contributed by atoms with Crippen LogP contribution in [0.4, 0.5) is 0 Å². The lowest BCUT2D eigenvalue weighted by atomic mass is 9.91. The summed E-state index contributed by atoms with van der Waals surface area (Å²) in [5.74, 6) is -0.308. The van der Waals surface area contributed by atoms with Crippen LogP contribution in [-0.2, 0) is 14.5 Å². The predicted molar refractivity (Wildman–Crippen MR) is 58.8 cm³/mol. The summed E-state index contributed by atoms with van der Waals surface area (Å²) in [6.07, 6.45) is 1.55. The zero-order chi connectivity index (χ0) is 12.1. The second-order valence-corrected chi connectivity index (χ2v) is 4.93. The van der Waals surface area contributed by atoms with E-state index >= 15 is 0 Å². The number of hydrogen-bond donors (Lipinski definition) is 1. The molecule has 0 saturated carbocycles. The topological polar surface area (TPSA) is 47.6 Å². The molecule has 0 atom stereocenters. The van der Waals surface area contributed by atoms with Gasteiger partial charge < -0.3 is 4.84 Å². The van der Waals surface area contributed by atoms with Gasteiger partial charge in [0, 0.05) is 0 Å². The Bertz CT molecular complexity index is 212. The molecular formula is C11H23NO3. The molecule has 0 rings (SSSR count). The van der Waals surface area contributed by atoms with Crippen molar-refractivity contribution in [1.82, 2.24) is 5.64 Å². The average Bonchev–Trinajstić information content (AvgIpc) is 2.17. The van der Waals surface area contributed by atoms with Crippen LogP contribution in [0.3, 0.4) is 0 Å². The molecule has 1 N–H and O–H groups in total. The maximum absolute atomic E-state index is 11.5. The maximum atomic E-state index is 11.5. The van der Waals surface area contributed by atoms with E-state index in [0.717, 1.165) is 12.8 Å². The van der Waals surface area contributed by atoms with Gasteiger partial charge in [0.2, 0.25) is 0 Å². The fraction of sp³-hybridized carbons (Fsp3) is 0.909. The van der Waals surface area contributed by atoms with E-state index in [9.17, 15) is 4.79 Å². The van der Waals surface area contributed by atoms with Gasteiger partial charge in [0.05, 0.1) is 11.0 Å². The second kappa shape index (κ2) is 5.47. The van der Waals surface area contributed by atoms with E-state index in [1.54, 1.807) is 0 Å². The molecule has 0 radical (unpaired) electrons. The van der Waals surface area contributed by atoms with E-state index in [-0.39, 0.29) is 11.6 Å². The summed E-state index contributed by atoms with van der Waals surface area (Å²) in [5.41, 5.74) is 1.45. The van der Waals surface area contributed by atoms with Crippen LogP contribution in [0.2, 0.25) is 0 Å². The smallest absolute Gasteiger partial charge is 0.333 e. The van der Waals surface area contributed by atoms with E-state index in [1.165, 1.54) is 0 Å². The Balaban J connectivity index is 3.93. The monoisotopic (exact) mass is 217 g/mol. The van der Waals surface area contributed by atoms with Crippen LogP contribution < -0.4 is 5.64 Å². The molecule has 90 valence electrons. The molecule has 0 bridgehead atoms. The van der Waals surface area contributed by atoms with Crippen LogP contribution in [0.15, 0.2) is 0 Å². The molecule has 0 saturated heterocycles. The van der Waals surface area contributed by atoms with E-state index < -0.39 is 5.41 Å². The molecule has 0 fully saturated rings. The first kappa shape index (κ1) is 14.4. The van der Waals surface area contributed by atoms with Crippen molar-refractivity contribution in [2.75, 3.05) is 0 Å². The molecule has 0 aliphatic rings. The third-order valence-electron chi connectivity index (χ3n) is 2.74. The summed E-state index contributed by atoms with van der Waals surface area (Å²) in [4.78, 5) is 21.5. The number of hydrogen-bond acceptors (Lipinski definition) is 4. The summed E-state index contributed by atoms with van der Waals surface area (Å²) >= 11 is 0. The van der Waals surface area contributed by atoms with Crippen molar-refractivity contribution in [3.05, 3.63) is 0 Å². The molecule has 0 heterocycles. The molecule has 0 unspecified atom stereocenters. The van der Waals surface area contributed by atoms with Crippen LogP contribution in [0.1, 0.15) is 54.4 Å². The summed E-state index contributed by atoms with van der Waals surface area (Å²) in [5, 5.41) is 0. The first-order valence-electron chi connectivity index (χ1n) is 5.39. The highest BCUT2D eigenvalue weighted by molar-refractivity contribution is 5.75. The molecule has 0 aromatic rings. The van der Waals surface area contributed by atoms with E-state index in [4.69, 9.17) is 9.68 Å². The minimum Gasteiger partial charge on any atom is -0.345 e. The Hall–Kier alpha value is -0.610. The fourth-order valence-electron chi connectivity index (χ4n) is 0.526. The normalized spacial score (nSPS) is 12.7. The molecule has 15 heavy (non-hydrogen) atoms. The molecule has 4 heteroatoms. The largest absolute Gasteiger partial charge is 0.345 e. The van der Waals surface area contributed by atoms with Crippen molar-refractivity contribution < 1.29 is 14.5 Å². The van der Waals surface area contributed by atoms with Gasteiger partial charge in [0.1, 0.15) is 0 Å². The highest BCUT2D eigenvalue weighted by Gasteiger charge is 2.28. The van der Waals surface area contributed by atoms with Crippen LogP contribution in [0.25, 0.3) is 0 Å². The predicted octanol–water partition coefficient (Wildman–Crippen LogP) is 2.59. The van der Waals surface area contributed by atoms with Gasteiger partial charge in [-0.05, 0) is 46.2 Å². The lowest BCUT2D eigenvalue weighted by Crippen LogP contribution is -2.36. The Kier molecular flexibility index (Phi) is 5.24. The molecule has 0 aromatic carbocycles. The number of carbonyl (C=O) groups excluding carboxylic acids is 1. The Morgan fingerprint density at radius 3 is 2.07 bits per heavy atom. The molecular weight excluding hydrogens is 194 g/mol. The lowest BCUT2D eigenvalue weighted by Gasteiger charge is -2.24. The third-order valence-corrected chi connectivity index (χ3v) is 2.74. The van der Waals surface area contributed by atoms with Crippen molar-refractivity contribution in [3.8, 4) is 0 Å². The molecule has 0 aromatic heterocycles. The number of rotatable bonds is 6. The molecule has 0 spiro atoms. The highest BCUT2D eigenvalue weighted by Crippen LogP contribution is 2.21. The summed E-state index contributed by atoms with van der Waals surface area (Å²) in [6.45, 7) is 11.4. The minimum absolute atomic E-state index is 0.308. The summed E-state index contributed by atoms with van der Waals surface area (Å²) in [7, 11) is 0. The van der Waals surface area contributed by atoms with Gasteiger partial charge in [-0.1, -0.05) is 13.8 Å². The van der Waals surface area contributed by atoms with Crippen LogP contribution in [0.5, 0.6) is 0 Å². The molecule has 0 aliphatic carbocycles. The van der Waals surface area contributed by atoms with E-state index in [1.807, 2.05) is 41.5 Å². The van der Waals surface area contributed by atoms with Crippen LogP contribution in [0, 0.1) is 5.41 Å².